The summed E-state index contributed by atoms with van der Waals surface area (Å²) in [6, 6.07) is 16.3. The number of hydrogen-bond acceptors (Lipinski definition) is 6. The Labute approximate surface area is 273 Å². The number of carbonyl (C=O) groups is 3. The van der Waals surface area contributed by atoms with Gasteiger partial charge in [0.1, 0.15) is 12.6 Å². The van der Waals surface area contributed by atoms with Gasteiger partial charge in [-0.3, -0.25) is 14.4 Å². The number of alkyl halides is 1. The topological polar surface area (TPSA) is 106 Å². The van der Waals surface area contributed by atoms with Crippen molar-refractivity contribution in [2.75, 3.05) is 19.0 Å². The molecule has 1 aliphatic rings. The molecule has 1 aliphatic heterocycles. The SMILES string of the molecule is COc1ncc(-c2ccc3c(c2)c(C(C)=O)cn3CC(=O)N2C[C@H](Cl)C[C@H]2C(=O)Nc2cccc(-c3ccccc3Cl)c2F)cn1. The molecule has 234 valence electrons. The van der Waals surface area contributed by atoms with Gasteiger partial charge in [-0.1, -0.05) is 48.0 Å². The Hall–Kier alpha value is -4.80. The summed E-state index contributed by atoms with van der Waals surface area (Å²) in [4.78, 5) is 49.5. The Kier molecular flexibility index (Phi) is 8.75. The fourth-order valence-electron chi connectivity index (χ4n) is 5.74. The molecule has 1 saturated heterocycles. The van der Waals surface area contributed by atoms with E-state index in [1.54, 1.807) is 59.6 Å². The second-order valence-electron chi connectivity index (χ2n) is 10.9. The summed E-state index contributed by atoms with van der Waals surface area (Å²) in [6.07, 6.45) is 5.09. The molecule has 2 aromatic heterocycles. The Bertz CT molecular complexity index is 1980. The van der Waals surface area contributed by atoms with Crippen LogP contribution in [0.1, 0.15) is 23.7 Å². The van der Waals surface area contributed by atoms with Gasteiger partial charge in [-0.05, 0) is 43.2 Å². The normalized spacial score (nSPS) is 16.1. The van der Waals surface area contributed by atoms with Gasteiger partial charge < -0.3 is 19.5 Å². The molecule has 0 saturated carbocycles. The van der Waals surface area contributed by atoms with Crippen LogP contribution in [0, 0.1) is 5.82 Å². The summed E-state index contributed by atoms with van der Waals surface area (Å²) in [7, 11) is 1.48. The number of halogens is 3. The second-order valence-corrected chi connectivity index (χ2v) is 12.0. The molecule has 2 amide bonds. The molecule has 0 spiro atoms. The average molecular weight is 661 g/mol. The molecule has 0 radical (unpaired) electrons. The van der Waals surface area contributed by atoms with Crippen molar-refractivity contribution in [1.82, 2.24) is 19.4 Å². The van der Waals surface area contributed by atoms with Crippen molar-refractivity contribution < 1.29 is 23.5 Å². The molecule has 2 atom stereocenters. The largest absolute Gasteiger partial charge is 0.467 e. The summed E-state index contributed by atoms with van der Waals surface area (Å²) in [5, 5.41) is 3.21. The van der Waals surface area contributed by atoms with Crippen LogP contribution < -0.4 is 10.1 Å². The van der Waals surface area contributed by atoms with Crippen molar-refractivity contribution in [3.05, 3.63) is 95.7 Å². The molecule has 5 aromatic rings. The van der Waals surface area contributed by atoms with Crippen LogP contribution in [0.2, 0.25) is 5.02 Å². The molecular formula is C34H28Cl2FN5O4. The Morgan fingerprint density at radius 1 is 1.02 bits per heavy atom. The van der Waals surface area contributed by atoms with Gasteiger partial charge in [-0.2, -0.15) is 0 Å². The number of amides is 2. The first kappa shape index (κ1) is 31.2. The highest BCUT2D eigenvalue weighted by molar-refractivity contribution is 6.33. The molecule has 12 heteroatoms. The maximum Gasteiger partial charge on any atom is 0.316 e. The van der Waals surface area contributed by atoms with E-state index in [-0.39, 0.29) is 48.5 Å². The number of ether oxygens (including phenoxy) is 1. The number of aromatic nitrogens is 3. The van der Waals surface area contributed by atoms with E-state index in [1.807, 2.05) is 18.2 Å². The average Bonchev–Trinajstić information content (AvgIpc) is 3.63. The van der Waals surface area contributed by atoms with Gasteiger partial charge in [0, 0.05) is 63.3 Å². The van der Waals surface area contributed by atoms with Gasteiger partial charge in [-0.25, -0.2) is 14.4 Å². The molecule has 3 heterocycles. The van der Waals surface area contributed by atoms with E-state index < -0.39 is 23.1 Å². The minimum Gasteiger partial charge on any atom is -0.467 e. The standard InChI is InChI=1S/C34H28Cl2FN5O4/c1-19(43)26-17-41(29-11-10-20(12-25(26)29)21-14-38-34(46-2)39-15-21)18-31(44)42-16-22(35)13-30(42)33(45)40-28-9-5-7-24(32(28)37)23-6-3-4-8-27(23)36/h3-12,14-15,17,22,30H,13,16,18H2,1-2H3,(H,40,45)/t22-,30+/m1/s1. The minimum absolute atomic E-state index is 0.0339. The minimum atomic E-state index is -0.922. The predicted molar refractivity (Wildman–Crippen MR) is 175 cm³/mol. The van der Waals surface area contributed by atoms with Gasteiger partial charge in [0.15, 0.2) is 11.6 Å². The lowest BCUT2D eigenvalue weighted by Crippen LogP contribution is -2.44. The maximum atomic E-state index is 15.6. The number of rotatable bonds is 8. The monoisotopic (exact) mass is 659 g/mol. The molecular weight excluding hydrogens is 632 g/mol. The van der Waals surface area contributed by atoms with Crippen LogP contribution in [0.25, 0.3) is 33.2 Å². The number of ketones is 1. The van der Waals surface area contributed by atoms with E-state index in [1.165, 1.54) is 25.0 Å². The highest BCUT2D eigenvalue weighted by Gasteiger charge is 2.39. The molecule has 0 bridgehead atoms. The van der Waals surface area contributed by atoms with E-state index in [2.05, 4.69) is 15.3 Å². The molecule has 6 rings (SSSR count). The molecule has 1 fully saturated rings. The van der Waals surface area contributed by atoms with Gasteiger partial charge in [-0.15, -0.1) is 11.6 Å². The second kappa shape index (κ2) is 12.9. The third-order valence-electron chi connectivity index (χ3n) is 8.00. The first-order chi connectivity index (χ1) is 22.1. The van der Waals surface area contributed by atoms with Gasteiger partial charge in [0.2, 0.25) is 11.8 Å². The van der Waals surface area contributed by atoms with Crippen LogP contribution in [0.15, 0.2) is 79.3 Å². The molecule has 9 nitrogen and oxygen atoms in total. The van der Waals surface area contributed by atoms with Crippen molar-refractivity contribution in [3.8, 4) is 28.3 Å². The van der Waals surface area contributed by atoms with Crippen LogP contribution >= 0.6 is 23.2 Å². The fourth-order valence-corrected chi connectivity index (χ4v) is 6.29. The first-order valence-corrected chi connectivity index (χ1v) is 15.2. The van der Waals surface area contributed by atoms with E-state index in [9.17, 15) is 14.4 Å². The van der Waals surface area contributed by atoms with Crippen LogP contribution in [0.4, 0.5) is 10.1 Å². The van der Waals surface area contributed by atoms with Crippen LogP contribution in [0.5, 0.6) is 6.01 Å². The lowest BCUT2D eigenvalue weighted by Gasteiger charge is -2.24. The number of nitrogens with one attached hydrogen (secondary N) is 1. The quantitative estimate of drug-likeness (QED) is 0.148. The Morgan fingerprint density at radius 3 is 2.48 bits per heavy atom. The lowest BCUT2D eigenvalue weighted by atomic mass is 10.0. The molecule has 0 aliphatic carbocycles. The van der Waals surface area contributed by atoms with Crippen LogP contribution in [-0.2, 0) is 16.1 Å². The van der Waals surface area contributed by atoms with Crippen molar-refractivity contribution in [2.45, 2.75) is 31.3 Å². The number of nitrogens with zero attached hydrogens (tertiary/aromatic N) is 4. The van der Waals surface area contributed by atoms with E-state index in [0.717, 1.165) is 11.1 Å². The Balaban J connectivity index is 1.24. The number of anilines is 1. The number of methoxy groups -OCH3 is 1. The lowest BCUT2D eigenvalue weighted by molar-refractivity contribution is -0.137. The molecule has 1 N–H and O–H groups in total. The molecule has 3 aromatic carbocycles. The predicted octanol–water partition coefficient (Wildman–Crippen LogP) is 6.62. The van der Waals surface area contributed by atoms with Gasteiger partial charge >= 0.3 is 6.01 Å². The van der Waals surface area contributed by atoms with Crippen LogP contribution in [-0.4, -0.2) is 62.1 Å². The zero-order chi connectivity index (χ0) is 32.5. The van der Waals surface area contributed by atoms with E-state index in [4.69, 9.17) is 27.9 Å². The highest BCUT2D eigenvalue weighted by atomic mass is 35.5. The smallest absolute Gasteiger partial charge is 0.316 e. The number of benzene rings is 3. The van der Waals surface area contributed by atoms with Crippen molar-refractivity contribution >= 4 is 57.4 Å². The molecule has 0 unspecified atom stereocenters. The number of fused-ring (bicyclic) bond motifs is 1. The summed E-state index contributed by atoms with van der Waals surface area (Å²) in [5.74, 6) is -1.73. The Morgan fingerprint density at radius 2 is 1.76 bits per heavy atom. The van der Waals surface area contributed by atoms with Gasteiger partial charge in [0.05, 0.1) is 18.2 Å². The van der Waals surface area contributed by atoms with E-state index in [0.29, 0.717) is 27.1 Å². The summed E-state index contributed by atoms with van der Waals surface area (Å²) in [6.45, 7) is 1.46. The zero-order valence-electron chi connectivity index (χ0n) is 24.8. The van der Waals surface area contributed by atoms with Crippen molar-refractivity contribution in [1.29, 1.82) is 0 Å². The third-order valence-corrected chi connectivity index (χ3v) is 8.65. The highest BCUT2D eigenvalue weighted by Crippen LogP contribution is 2.34. The number of Topliss-reactive ketones (excluding diaryl/α,β-unsaturated/α-hetero) is 1. The van der Waals surface area contributed by atoms with Gasteiger partial charge in [0.25, 0.3) is 0 Å². The summed E-state index contributed by atoms with van der Waals surface area (Å²) in [5.41, 5.74) is 3.32. The number of likely N-dealkylation sites (tertiary alicyclic amines) is 1. The summed E-state index contributed by atoms with van der Waals surface area (Å²) < 4.78 is 22.3. The van der Waals surface area contributed by atoms with E-state index >= 15 is 4.39 Å². The summed E-state index contributed by atoms with van der Waals surface area (Å²) >= 11 is 12.7. The number of hydrogen-bond donors (Lipinski definition) is 1. The van der Waals surface area contributed by atoms with Crippen molar-refractivity contribution in [2.24, 2.45) is 0 Å². The number of carbonyl (C=O) groups excluding carboxylic acids is 3. The maximum absolute atomic E-state index is 15.6. The van der Waals surface area contributed by atoms with Crippen molar-refractivity contribution in [3.63, 3.8) is 0 Å². The van der Waals surface area contributed by atoms with Crippen LogP contribution in [0.3, 0.4) is 0 Å². The fraction of sp³-hybridized carbons (Fsp3) is 0.206. The third kappa shape index (κ3) is 6.05. The molecule has 46 heavy (non-hydrogen) atoms. The zero-order valence-corrected chi connectivity index (χ0v) is 26.3. The first-order valence-electron chi connectivity index (χ1n) is 14.4.